The van der Waals surface area contributed by atoms with Gasteiger partial charge >= 0.3 is 0 Å². The van der Waals surface area contributed by atoms with Crippen molar-refractivity contribution in [1.29, 1.82) is 0 Å². The zero-order chi connectivity index (χ0) is 21.7. The number of para-hydroxylation sites is 1. The van der Waals surface area contributed by atoms with Gasteiger partial charge in [0.25, 0.3) is 5.69 Å². The summed E-state index contributed by atoms with van der Waals surface area (Å²) in [6.07, 6.45) is 0. The molecule has 0 aliphatic rings. The summed E-state index contributed by atoms with van der Waals surface area (Å²) in [6.45, 7) is 3.70. The number of aryl methyl sites for hydroxylation is 2. The molecular formula is C22H21ClN4O3. The highest BCUT2D eigenvalue weighted by atomic mass is 35.5. The first-order chi connectivity index (χ1) is 14.3. The van der Waals surface area contributed by atoms with Crippen LogP contribution in [0.2, 0.25) is 5.02 Å². The van der Waals surface area contributed by atoms with Crippen LogP contribution in [0.5, 0.6) is 0 Å². The largest absolute Gasteiger partial charge is 0.374 e. The van der Waals surface area contributed by atoms with Crippen LogP contribution in [0.4, 0.5) is 28.4 Å². The lowest BCUT2D eigenvalue weighted by Gasteiger charge is -2.15. The van der Waals surface area contributed by atoms with E-state index in [0.29, 0.717) is 22.1 Å². The highest BCUT2D eigenvalue weighted by Crippen LogP contribution is 2.30. The Balaban J connectivity index is 1.77. The van der Waals surface area contributed by atoms with Gasteiger partial charge in [-0.1, -0.05) is 35.9 Å². The maximum absolute atomic E-state index is 12.5. The molecular weight excluding hydrogens is 404 g/mol. The highest BCUT2D eigenvalue weighted by Gasteiger charge is 2.14. The third-order valence-electron chi connectivity index (χ3n) is 4.40. The van der Waals surface area contributed by atoms with E-state index in [4.69, 9.17) is 11.6 Å². The molecule has 0 atom stereocenters. The maximum atomic E-state index is 12.5. The standard InChI is InChI=1S/C22H21ClN4O3/c1-14-10-15(2)22(18(23)11-14)26-21(28)13-24-20-12-17(27(29)30)8-9-19(20)25-16-6-4-3-5-7-16/h3-12,24-25H,13H2,1-2H3,(H,26,28). The zero-order valence-electron chi connectivity index (χ0n) is 16.5. The number of nitrogens with zero attached hydrogens (tertiary/aromatic N) is 1. The summed E-state index contributed by atoms with van der Waals surface area (Å²) in [7, 11) is 0. The molecule has 0 unspecified atom stereocenters. The Morgan fingerprint density at radius 2 is 1.77 bits per heavy atom. The van der Waals surface area contributed by atoms with E-state index in [1.165, 1.54) is 12.1 Å². The number of amides is 1. The topological polar surface area (TPSA) is 96.3 Å². The summed E-state index contributed by atoms with van der Waals surface area (Å²) in [5.41, 5.74) is 4.21. The van der Waals surface area contributed by atoms with Gasteiger partial charge in [-0.2, -0.15) is 0 Å². The Morgan fingerprint density at radius 1 is 1.03 bits per heavy atom. The summed E-state index contributed by atoms with van der Waals surface area (Å²) in [6, 6.07) is 17.5. The number of rotatable bonds is 7. The van der Waals surface area contributed by atoms with Crippen molar-refractivity contribution in [1.82, 2.24) is 0 Å². The molecule has 0 aliphatic heterocycles. The molecule has 3 aromatic rings. The quantitative estimate of drug-likeness (QED) is 0.336. The summed E-state index contributed by atoms with van der Waals surface area (Å²) >= 11 is 6.25. The van der Waals surface area contributed by atoms with Crippen LogP contribution in [-0.4, -0.2) is 17.4 Å². The van der Waals surface area contributed by atoms with Crippen molar-refractivity contribution in [3.8, 4) is 0 Å². The molecule has 8 heteroatoms. The van der Waals surface area contributed by atoms with Gasteiger partial charge in [0.2, 0.25) is 5.91 Å². The molecule has 0 bridgehead atoms. The van der Waals surface area contributed by atoms with Gasteiger partial charge in [-0.3, -0.25) is 14.9 Å². The lowest BCUT2D eigenvalue weighted by atomic mass is 10.1. The number of nitrogens with one attached hydrogen (secondary N) is 3. The first-order valence-corrected chi connectivity index (χ1v) is 9.62. The van der Waals surface area contributed by atoms with Crippen LogP contribution in [0.3, 0.4) is 0 Å². The van der Waals surface area contributed by atoms with Crippen molar-refractivity contribution in [2.75, 3.05) is 22.5 Å². The maximum Gasteiger partial charge on any atom is 0.271 e. The average Bonchev–Trinajstić information content (AvgIpc) is 2.70. The van der Waals surface area contributed by atoms with E-state index in [1.807, 2.05) is 50.2 Å². The van der Waals surface area contributed by atoms with Gasteiger partial charge in [0.05, 0.1) is 33.6 Å². The zero-order valence-corrected chi connectivity index (χ0v) is 17.3. The van der Waals surface area contributed by atoms with Crippen LogP contribution in [0, 0.1) is 24.0 Å². The van der Waals surface area contributed by atoms with Gasteiger partial charge in [-0.05, 0) is 49.2 Å². The minimum absolute atomic E-state index is 0.0751. The Morgan fingerprint density at radius 3 is 2.43 bits per heavy atom. The van der Waals surface area contributed by atoms with Gasteiger partial charge in [0, 0.05) is 17.8 Å². The lowest BCUT2D eigenvalue weighted by molar-refractivity contribution is -0.384. The number of carbonyl (C=O) groups is 1. The fraction of sp³-hybridized carbons (Fsp3) is 0.136. The van der Waals surface area contributed by atoms with Crippen molar-refractivity contribution in [2.45, 2.75) is 13.8 Å². The number of hydrogen-bond acceptors (Lipinski definition) is 5. The van der Waals surface area contributed by atoms with E-state index in [0.717, 1.165) is 16.8 Å². The van der Waals surface area contributed by atoms with Crippen molar-refractivity contribution in [2.24, 2.45) is 0 Å². The number of hydrogen-bond donors (Lipinski definition) is 3. The Bertz CT molecular complexity index is 1060. The van der Waals surface area contributed by atoms with E-state index < -0.39 is 4.92 Å². The minimum Gasteiger partial charge on any atom is -0.374 e. The van der Waals surface area contributed by atoms with E-state index >= 15 is 0 Å². The monoisotopic (exact) mass is 424 g/mol. The molecule has 3 aromatic carbocycles. The minimum atomic E-state index is -0.479. The summed E-state index contributed by atoms with van der Waals surface area (Å²) < 4.78 is 0. The molecule has 0 radical (unpaired) electrons. The van der Waals surface area contributed by atoms with Crippen LogP contribution in [0.1, 0.15) is 11.1 Å². The second-order valence-corrected chi connectivity index (χ2v) is 7.23. The SMILES string of the molecule is Cc1cc(C)c(NC(=O)CNc2cc([N+](=O)[O-])ccc2Nc2ccccc2)c(Cl)c1. The van der Waals surface area contributed by atoms with E-state index in [-0.39, 0.29) is 18.1 Å². The second kappa shape index (κ2) is 9.28. The number of carbonyl (C=O) groups excluding carboxylic acids is 1. The summed E-state index contributed by atoms with van der Waals surface area (Å²) in [5, 5.41) is 20.6. The molecule has 7 nitrogen and oxygen atoms in total. The number of benzene rings is 3. The van der Waals surface area contributed by atoms with Gasteiger partial charge in [0.15, 0.2) is 0 Å². The molecule has 0 fully saturated rings. The van der Waals surface area contributed by atoms with Gasteiger partial charge in [-0.25, -0.2) is 0 Å². The third-order valence-corrected chi connectivity index (χ3v) is 4.70. The highest BCUT2D eigenvalue weighted by molar-refractivity contribution is 6.34. The molecule has 3 rings (SSSR count). The predicted molar refractivity (Wildman–Crippen MR) is 121 cm³/mol. The van der Waals surface area contributed by atoms with Crippen molar-refractivity contribution in [3.05, 3.63) is 86.9 Å². The van der Waals surface area contributed by atoms with Crippen LogP contribution in [-0.2, 0) is 4.79 Å². The summed E-state index contributed by atoms with van der Waals surface area (Å²) in [4.78, 5) is 23.2. The first kappa shape index (κ1) is 21.1. The number of nitro groups is 1. The van der Waals surface area contributed by atoms with Gasteiger partial charge < -0.3 is 16.0 Å². The normalized spacial score (nSPS) is 10.4. The molecule has 0 aromatic heterocycles. The second-order valence-electron chi connectivity index (χ2n) is 6.82. The number of nitro benzene ring substituents is 1. The van der Waals surface area contributed by atoms with E-state index in [9.17, 15) is 14.9 Å². The van der Waals surface area contributed by atoms with E-state index in [2.05, 4.69) is 16.0 Å². The number of halogens is 1. The number of non-ortho nitro benzene ring substituents is 1. The fourth-order valence-electron chi connectivity index (χ4n) is 3.01. The van der Waals surface area contributed by atoms with Crippen LogP contribution < -0.4 is 16.0 Å². The average molecular weight is 425 g/mol. The van der Waals surface area contributed by atoms with Gasteiger partial charge in [0.1, 0.15) is 0 Å². The molecule has 0 heterocycles. The first-order valence-electron chi connectivity index (χ1n) is 9.24. The smallest absolute Gasteiger partial charge is 0.271 e. The Labute approximate surface area is 179 Å². The van der Waals surface area contributed by atoms with Crippen LogP contribution >= 0.6 is 11.6 Å². The van der Waals surface area contributed by atoms with Gasteiger partial charge in [-0.15, -0.1) is 0 Å². The summed E-state index contributed by atoms with van der Waals surface area (Å²) in [5.74, 6) is -0.318. The fourth-order valence-corrected chi connectivity index (χ4v) is 3.38. The van der Waals surface area contributed by atoms with E-state index in [1.54, 1.807) is 12.1 Å². The Hall–Kier alpha value is -3.58. The molecule has 0 saturated heterocycles. The van der Waals surface area contributed by atoms with Crippen molar-refractivity contribution < 1.29 is 9.72 Å². The van der Waals surface area contributed by atoms with Crippen LogP contribution in [0.25, 0.3) is 0 Å². The van der Waals surface area contributed by atoms with Crippen LogP contribution in [0.15, 0.2) is 60.7 Å². The third kappa shape index (κ3) is 5.27. The molecule has 1 amide bonds. The molecule has 0 saturated carbocycles. The van der Waals surface area contributed by atoms with Crippen molar-refractivity contribution >= 4 is 45.9 Å². The molecule has 154 valence electrons. The molecule has 30 heavy (non-hydrogen) atoms. The predicted octanol–water partition coefficient (Wildman–Crippen LogP) is 5.66. The number of anilines is 4. The molecule has 0 aliphatic carbocycles. The molecule has 3 N–H and O–H groups in total. The Kier molecular flexibility index (Phi) is 6.54. The molecule has 0 spiro atoms. The lowest BCUT2D eigenvalue weighted by Crippen LogP contribution is -2.22. The van der Waals surface area contributed by atoms with Crippen molar-refractivity contribution in [3.63, 3.8) is 0 Å².